The molecule has 1 aliphatic heterocycles. The zero-order valence-electron chi connectivity index (χ0n) is 16.4. The number of benzene rings is 1. The molecule has 0 saturated carbocycles. The molecule has 5 rings (SSSR count). The van der Waals surface area contributed by atoms with E-state index in [0.29, 0.717) is 12.1 Å². The zero-order valence-corrected chi connectivity index (χ0v) is 16.4. The number of nitrogens with one attached hydrogen (secondary N) is 3. The van der Waals surface area contributed by atoms with Crippen molar-refractivity contribution < 1.29 is 0 Å². The molecule has 1 fully saturated rings. The van der Waals surface area contributed by atoms with E-state index in [9.17, 15) is 0 Å². The van der Waals surface area contributed by atoms with Crippen LogP contribution in [0.2, 0.25) is 0 Å². The number of aromatic amines is 2. The van der Waals surface area contributed by atoms with Crippen LogP contribution in [0, 0.1) is 0 Å². The molecular formula is C20H23N9. The Morgan fingerprint density at radius 3 is 2.72 bits per heavy atom. The van der Waals surface area contributed by atoms with Crippen molar-refractivity contribution in [3.8, 4) is 22.4 Å². The summed E-state index contributed by atoms with van der Waals surface area (Å²) >= 11 is 0. The topological polar surface area (TPSA) is 111 Å². The Bertz CT molecular complexity index is 1100. The molecule has 0 radical (unpaired) electrons. The SMILES string of the molecule is C[C@@H]1C[C@H](N(C)c2ccc(-c3ccc(-c4cn[nH]c4)c4nn[nH]c34)nn2)CCN1. The molecule has 3 aromatic heterocycles. The van der Waals surface area contributed by atoms with Crippen LogP contribution in [-0.4, -0.2) is 61.5 Å². The van der Waals surface area contributed by atoms with Crippen LogP contribution in [0.5, 0.6) is 0 Å². The first-order chi connectivity index (χ1) is 14.2. The largest absolute Gasteiger partial charge is 0.355 e. The molecule has 1 saturated heterocycles. The average molecular weight is 389 g/mol. The second-order valence-corrected chi connectivity index (χ2v) is 7.60. The zero-order chi connectivity index (χ0) is 19.8. The van der Waals surface area contributed by atoms with Crippen LogP contribution in [0.1, 0.15) is 19.8 Å². The Morgan fingerprint density at radius 1 is 1.07 bits per heavy atom. The van der Waals surface area contributed by atoms with E-state index in [2.05, 4.69) is 60.0 Å². The van der Waals surface area contributed by atoms with E-state index in [1.54, 1.807) is 6.20 Å². The van der Waals surface area contributed by atoms with Crippen molar-refractivity contribution in [2.24, 2.45) is 0 Å². The van der Waals surface area contributed by atoms with Gasteiger partial charge in [-0.1, -0.05) is 11.3 Å². The van der Waals surface area contributed by atoms with Gasteiger partial charge in [-0.15, -0.1) is 15.3 Å². The number of fused-ring (bicyclic) bond motifs is 1. The summed E-state index contributed by atoms with van der Waals surface area (Å²) in [7, 11) is 2.10. The molecule has 1 aromatic carbocycles. The smallest absolute Gasteiger partial charge is 0.151 e. The van der Waals surface area contributed by atoms with Crippen molar-refractivity contribution in [3.05, 3.63) is 36.7 Å². The first-order valence-electron chi connectivity index (χ1n) is 9.84. The lowest BCUT2D eigenvalue weighted by molar-refractivity contribution is 0.370. The van der Waals surface area contributed by atoms with Gasteiger partial charge in [-0.2, -0.15) is 5.10 Å². The molecule has 9 nitrogen and oxygen atoms in total. The van der Waals surface area contributed by atoms with E-state index in [-0.39, 0.29) is 0 Å². The third-order valence-corrected chi connectivity index (χ3v) is 5.73. The Morgan fingerprint density at radius 2 is 1.97 bits per heavy atom. The first kappa shape index (κ1) is 17.7. The van der Waals surface area contributed by atoms with Crippen molar-refractivity contribution in [3.63, 3.8) is 0 Å². The van der Waals surface area contributed by atoms with Gasteiger partial charge in [0.05, 0.1) is 17.4 Å². The fourth-order valence-corrected chi connectivity index (χ4v) is 4.08. The lowest BCUT2D eigenvalue weighted by Gasteiger charge is -2.35. The Hall–Kier alpha value is -3.33. The second kappa shape index (κ2) is 7.25. The third-order valence-electron chi connectivity index (χ3n) is 5.73. The fourth-order valence-electron chi connectivity index (χ4n) is 4.08. The normalized spacial score (nSPS) is 19.5. The van der Waals surface area contributed by atoms with Crippen LogP contribution in [0.25, 0.3) is 33.4 Å². The summed E-state index contributed by atoms with van der Waals surface area (Å²) in [5, 5.41) is 30.6. The van der Waals surface area contributed by atoms with Gasteiger partial charge >= 0.3 is 0 Å². The number of H-pyrrole nitrogens is 2. The van der Waals surface area contributed by atoms with Gasteiger partial charge in [0.2, 0.25) is 0 Å². The van der Waals surface area contributed by atoms with Crippen molar-refractivity contribution in [1.29, 1.82) is 0 Å². The van der Waals surface area contributed by atoms with Gasteiger partial charge in [0.15, 0.2) is 5.82 Å². The lowest BCUT2D eigenvalue weighted by atomic mass is 9.99. The van der Waals surface area contributed by atoms with Crippen LogP contribution >= 0.6 is 0 Å². The summed E-state index contributed by atoms with van der Waals surface area (Å²) in [6, 6.07) is 9.09. The molecule has 9 heteroatoms. The van der Waals surface area contributed by atoms with Crippen LogP contribution in [0.3, 0.4) is 0 Å². The first-order valence-corrected chi connectivity index (χ1v) is 9.84. The summed E-state index contributed by atoms with van der Waals surface area (Å²) in [6.07, 6.45) is 5.83. The summed E-state index contributed by atoms with van der Waals surface area (Å²) < 4.78 is 0. The number of nitrogens with zero attached hydrogens (tertiary/aromatic N) is 6. The van der Waals surface area contributed by atoms with Gasteiger partial charge in [0.1, 0.15) is 5.52 Å². The number of hydrogen-bond acceptors (Lipinski definition) is 7. The molecule has 0 aliphatic carbocycles. The molecule has 3 N–H and O–H groups in total. The number of piperidine rings is 1. The standard InChI is InChI=1S/C20H23N9/c1-12-9-14(7-8-21-12)29(2)18-6-5-17(24-25-18)16-4-3-15(13-10-22-23-11-13)19-20(16)27-28-26-19/h3-6,10-12,14,21H,7-9H2,1-2H3,(H,22,23)(H,26,27,28)/t12-,14-/m1/s1. The highest BCUT2D eigenvalue weighted by molar-refractivity contribution is 5.99. The minimum Gasteiger partial charge on any atom is -0.355 e. The van der Waals surface area contributed by atoms with E-state index in [1.807, 2.05) is 30.5 Å². The lowest BCUT2D eigenvalue weighted by Crippen LogP contribution is -2.45. The molecular weight excluding hydrogens is 366 g/mol. The molecule has 4 aromatic rings. The van der Waals surface area contributed by atoms with Crippen molar-refractivity contribution in [1.82, 2.24) is 41.1 Å². The molecule has 29 heavy (non-hydrogen) atoms. The minimum atomic E-state index is 0.476. The van der Waals surface area contributed by atoms with Gasteiger partial charge < -0.3 is 10.2 Å². The van der Waals surface area contributed by atoms with E-state index < -0.39 is 0 Å². The minimum absolute atomic E-state index is 0.476. The maximum atomic E-state index is 4.50. The van der Waals surface area contributed by atoms with E-state index in [0.717, 1.165) is 58.6 Å². The highest BCUT2D eigenvalue weighted by Crippen LogP contribution is 2.32. The molecule has 148 valence electrons. The van der Waals surface area contributed by atoms with Crippen LogP contribution in [0.4, 0.5) is 5.82 Å². The Labute approximate surface area is 167 Å². The van der Waals surface area contributed by atoms with Crippen molar-refractivity contribution in [2.75, 3.05) is 18.5 Å². The third kappa shape index (κ3) is 3.23. The van der Waals surface area contributed by atoms with E-state index in [4.69, 9.17) is 0 Å². The van der Waals surface area contributed by atoms with Crippen LogP contribution < -0.4 is 10.2 Å². The average Bonchev–Trinajstić information content (AvgIpc) is 3.45. The summed E-state index contributed by atoms with van der Waals surface area (Å²) in [5.74, 6) is 0.891. The van der Waals surface area contributed by atoms with E-state index in [1.165, 1.54) is 0 Å². The summed E-state index contributed by atoms with van der Waals surface area (Å²) in [4.78, 5) is 2.24. The molecule has 1 aliphatic rings. The number of rotatable bonds is 4. The Kier molecular flexibility index (Phi) is 4.44. The highest BCUT2D eigenvalue weighted by Gasteiger charge is 2.23. The number of hydrogen-bond donors (Lipinski definition) is 3. The second-order valence-electron chi connectivity index (χ2n) is 7.60. The molecule has 0 amide bonds. The van der Waals surface area contributed by atoms with Gasteiger partial charge in [0.25, 0.3) is 0 Å². The van der Waals surface area contributed by atoms with Crippen LogP contribution in [0.15, 0.2) is 36.7 Å². The summed E-state index contributed by atoms with van der Waals surface area (Å²) in [5.41, 5.74) is 5.28. The maximum absolute atomic E-state index is 4.50. The van der Waals surface area contributed by atoms with Gasteiger partial charge in [-0.25, -0.2) is 0 Å². The summed E-state index contributed by atoms with van der Waals surface area (Å²) in [6.45, 7) is 3.27. The number of anilines is 1. The van der Waals surface area contributed by atoms with Gasteiger partial charge in [-0.05, 0) is 44.5 Å². The number of aromatic nitrogens is 7. The maximum Gasteiger partial charge on any atom is 0.151 e. The Balaban J connectivity index is 1.45. The molecule has 0 unspecified atom stereocenters. The van der Waals surface area contributed by atoms with Gasteiger partial charge in [0, 0.05) is 42.0 Å². The monoisotopic (exact) mass is 389 g/mol. The van der Waals surface area contributed by atoms with Crippen LogP contribution in [-0.2, 0) is 0 Å². The molecule has 0 spiro atoms. The molecule has 2 atom stereocenters. The van der Waals surface area contributed by atoms with Gasteiger partial charge in [-0.3, -0.25) is 10.2 Å². The molecule has 0 bridgehead atoms. The van der Waals surface area contributed by atoms with Crippen molar-refractivity contribution >= 4 is 16.9 Å². The molecule has 4 heterocycles. The highest BCUT2D eigenvalue weighted by atomic mass is 15.3. The predicted molar refractivity (Wildman–Crippen MR) is 111 cm³/mol. The predicted octanol–water partition coefficient (Wildman–Crippen LogP) is 2.38. The van der Waals surface area contributed by atoms with Crippen molar-refractivity contribution in [2.45, 2.75) is 31.8 Å². The fraction of sp³-hybridized carbons (Fsp3) is 0.350. The quantitative estimate of drug-likeness (QED) is 0.491. The van der Waals surface area contributed by atoms with E-state index >= 15 is 0 Å².